The van der Waals surface area contributed by atoms with Gasteiger partial charge < -0.3 is 4.48 Å². The second-order valence-electron chi connectivity index (χ2n) is 6.56. The molecule has 74 valence electrons. The van der Waals surface area contributed by atoms with Gasteiger partial charge in [0.05, 0.1) is 26.7 Å². The molecule has 0 heterocycles. The molecule has 0 amide bonds. The third-order valence-electron chi connectivity index (χ3n) is 2.78. The molecular weight excluding hydrogens is 146 g/mol. The summed E-state index contributed by atoms with van der Waals surface area (Å²) >= 11 is 0. The minimum atomic E-state index is 0.359. The molecule has 0 unspecified atom stereocenters. The van der Waals surface area contributed by atoms with Crippen LogP contribution in [0.4, 0.5) is 0 Å². The third kappa shape index (κ3) is 3.57. The summed E-state index contributed by atoms with van der Waals surface area (Å²) in [5.41, 5.74) is 0.785. The quantitative estimate of drug-likeness (QED) is 0.562. The molecule has 0 aromatic rings. The van der Waals surface area contributed by atoms with Crippen LogP contribution in [0.15, 0.2) is 0 Å². The van der Waals surface area contributed by atoms with Crippen LogP contribution in [-0.4, -0.2) is 31.2 Å². The fourth-order valence-electron chi connectivity index (χ4n) is 1.54. The molecule has 0 saturated heterocycles. The molecule has 0 radical (unpaired) electrons. The van der Waals surface area contributed by atoms with Crippen molar-refractivity contribution in [2.24, 2.45) is 5.41 Å². The molecule has 0 rings (SSSR count). The molecule has 0 N–H and O–H groups in total. The second kappa shape index (κ2) is 3.02. The molecule has 0 atom stereocenters. The Kier molecular flexibility index (Phi) is 3.01. The third-order valence-corrected chi connectivity index (χ3v) is 2.78. The maximum atomic E-state index is 2.35. The van der Waals surface area contributed by atoms with Crippen LogP contribution in [0.2, 0.25) is 0 Å². The fraction of sp³-hybridized carbons (Fsp3) is 1.00. The van der Waals surface area contributed by atoms with Crippen molar-refractivity contribution in [3.05, 3.63) is 0 Å². The van der Waals surface area contributed by atoms with Crippen molar-refractivity contribution in [3.8, 4) is 0 Å². The van der Waals surface area contributed by atoms with Gasteiger partial charge in [-0.15, -0.1) is 0 Å². The second-order valence-corrected chi connectivity index (χ2v) is 6.56. The number of hydrogen-bond donors (Lipinski definition) is 0. The Balaban J connectivity index is 4.44. The van der Waals surface area contributed by atoms with E-state index in [-0.39, 0.29) is 0 Å². The largest absolute Gasteiger partial charge is 0.327 e. The lowest BCUT2D eigenvalue weighted by Gasteiger charge is -2.44. The Hall–Kier alpha value is -0.0400. The van der Waals surface area contributed by atoms with Gasteiger partial charge in [-0.05, 0) is 19.3 Å². The lowest BCUT2D eigenvalue weighted by Crippen LogP contribution is -2.54. The van der Waals surface area contributed by atoms with E-state index in [2.05, 4.69) is 55.8 Å². The summed E-state index contributed by atoms with van der Waals surface area (Å²) in [7, 11) is 6.81. The molecule has 0 saturated carbocycles. The summed E-state index contributed by atoms with van der Waals surface area (Å²) in [6.07, 6.45) is 1.25. The van der Waals surface area contributed by atoms with Gasteiger partial charge in [0.25, 0.3) is 0 Å². The summed E-state index contributed by atoms with van der Waals surface area (Å²) in [5, 5.41) is 0. The summed E-state index contributed by atoms with van der Waals surface area (Å²) in [5.74, 6) is 0. The number of nitrogens with zero attached hydrogens (tertiary/aromatic N) is 1. The first-order valence-corrected chi connectivity index (χ1v) is 4.77. The number of rotatable bonds is 2. The van der Waals surface area contributed by atoms with Crippen LogP contribution in [0.5, 0.6) is 0 Å². The van der Waals surface area contributed by atoms with Gasteiger partial charge in [0.2, 0.25) is 0 Å². The van der Waals surface area contributed by atoms with E-state index in [0.717, 1.165) is 4.48 Å². The van der Waals surface area contributed by atoms with Gasteiger partial charge >= 0.3 is 0 Å². The minimum Gasteiger partial charge on any atom is -0.327 e. The van der Waals surface area contributed by atoms with Gasteiger partial charge in [-0.2, -0.15) is 0 Å². The Morgan fingerprint density at radius 3 is 1.25 bits per heavy atom. The van der Waals surface area contributed by atoms with E-state index in [0.29, 0.717) is 11.0 Å². The molecule has 0 aromatic heterocycles. The molecule has 0 spiro atoms. The van der Waals surface area contributed by atoms with E-state index in [9.17, 15) is 0 Å². The van der Waals surface area contributed by atoms with E-state index in [1.807, 2.05) is 0 Å². The molecule has 0 bridgehead atoms. The van der Waals surface area contributed by atoms with Crippen LogP contribution >= 0.6 is 0 Å². The van der Waals surface area contributed by atoms with Crippen molar-refractivity contribution in [2.75, 3.05) is 21.1 Å². The fourth-order valence-corrected chi connectivity index (χ4v) is 1.54. The van der Waals surface area contributed by atoms with Crippen LogP contribution in [0.25, 0.3) is 0 Å². The van der Waals surface area contributed by atoms with E-state index < -0.39 is 0 Å². The van der Waals surface area contributed by atoms with Gasteiger partial charge in [0, 0.05) is 6.42 Å². The number of quaternary nitrogens is 1. The highest BCUT2D eigenvalue weighted by Crippen LogP contribution is 2.32. The summed E-state index contributed by atoms with van der Waals surface area (Å²) < 4.78 is 1.03. The van der Waals surface area contributed by atoms with Crippen molar-refractivity contribution in [1.82, 2.24) is 0 Å². The van der Waals surface area contributed by atoms with Gasteiger partial charge in [-0.1, -0.05) is 20.8 Å². The summed E-state index contributed by atoms with van der Waals surface area (Å²) in [4.78, 5) is 0. The Labute approximate surface area is 78.4 Å². The predicted octanol–water partition coefficient (Wildman–Crippen LogP) is 2.91. The first-order chi connectivity index (χ1) is 4.96. The zero-order chi connectivity index (χ0) is 10.2. The lowest BCUT2D eigenvalue weighted by molar-refractivity contribution is -0.920. The van der Waals surface area contributed by atoms with E-state index in [1.165, 1.54) is 6.42 Å². The van der Waals surface area contributed by atoms with Crippen molar-refractivity contribution < 1.29 is 4.48 Å². The monoisotopic (exact) mass is 172 g/mol. The van der Waals surface area contributed by atoms with E-state index >= 15 is 0 Å². The van der Waals surface area contributed by atoms with Crippen molar-refractivity contribution in [3.63, 3.8) is 0 Å². The van der Waals surface area contributed by atoms with Crippen molar-refractivity contribution in [1.29, 1.82) is 0 Å². The summed E-state index contributed by atoms with van der Waals surface area (Å²) in [6.45, 7) is 11.6. The highest BCUT2D eigenvalue weighted by Gasteiger charge is 2.36. The predicted molar refractivity (Wildman–Crippen MR) is 56.2 cm³/mol. The zero-order valence-electron chi connectivity index (χ0n) is 10.2. The first kappa shape index (κ1) is 12.0. The molecule has 0 aliphatic carbocycles. The van der Waals surface area contributed by atoms with E-state index in [4.69, 9.17) is 0 Å². The molecule has 1 nitrogen and oxygen atoms in total. The average molecular weight is 172 g/mol. The first-order valence-electron chi connectivity index (χ1n) is 4.77. The van der Waals surface area contributed by atoms with Crippen LogP contribution in [0, 0.1) is 5.41 Å². The molecule has 0 fully saturated rings. The SMILES string of the molecule is CC(C)(C)CC(C)(C)[N+](C)(C)C. The molecule has 12 heavy (non-hydrogen) atoms. The number of hydrogen-bond acceptors (Lipinski definition) is 0. The molecule has 0 aliphatic heterocycles. The van der Waals surface area contributed by atoms with Gasteiger partial charge in [-0.25, -0.2) is 0 Å². The Morgan fingerprint density at radius 2 is 1.17 bits per heavy atom. The highest BCUT2D eigenvalue weighted by molar-refractivity contribution is 4.76. The van der Waals surface area contributed by atoms with Crippen molar-refractivity contribution >= 4 is 0 Å². The van der Waals surface area contributed by atoms with Gasteiger partial charge in [0.15, 0.2) is 0 Å². The molecular formula is C11H26N+. The molecule has 1 heteroatoms. The molecule has 0 aromatic carbocycles. The van der Waals surface area contributed by atoms with Crippen molar-refractivity contribution in [2.45, 2.75) is 46.6 Å². The van der Waals surface area contributed by atoms with Gasteiger partial charge in [-0.3, -0.25) is 0 Å². The highest BCUT2D eigenvalue weighted by atomic mass is 15.3. The molecule has 0 aliphatic rings. The van der Waals surface area contributed by atoms with Gasteiger partial charge in [0.1, 0.15) is 0 Å². The van der Waals surface area contributed by atoms with Crippen LogP contribution in [0.3, 0.4) is 0 Å². The normalized spacial score (nSPS) is 15.0. The zero-order valence-corrected chi connectivity index (χ0v) is 10.2. The Morgan fingerprint density at radius 1 is 0.833 bits per heavy atom. The maximum absolute atomic E-state index is 2.35. The topological polar surface area (TPSA) is 0 Å². The Bertz CT molecular complexity index is 143. The minimum absolute atomic E-state index is 0.359. The standard InChI is InChI=1S/C11H26N/c1-10(2,3)9-11(4,5)12(6,7)8/h9H2,1-8H3/q+1. The van der Waals surface area contributed by atoms with E-state index in [1.54, 1.807) is 0 Å². The maximum Gasteiger partial charge on any atom is 0.0934 e. The van der Waals surface area contributed by atoms with Crippen LogP contribution in [-0.2, 0) is 0 Å². The van der Waals surface area contributed by atoms with Crippen LogP contribution in [0.1, 0.15) is 41.0 Å². The van der Waals surface area contributed by atoms with Crippen LogP contribution < -0.4 is 0 Å². The lowest BCUT2D eigenvalue weighted by atomic mass is 9.80. The smallest absolute Gasteiger partial charge is 0.0934 e. The summed E-state index contributed by atoms with van der Waals surface area (Å²) in [6, 6.07) is 0. The average Bonchev–Trinajstić information content (AvgIpc) is 1.52.